The van der Waals surface area contributed by atoms with E-state index >= 15 is 0 Å². The summed E-state index contributed by atoms with van der Waals surface area (Å²) in [7, 11) is 1.29. The van der Waals surface area contributed by atoms with Gasteiger partial charge in [0.1, 0.15) is 5.70 Å². The van der Waals surface area contributed by atoms with E-state index in [4.69, 9.17) is 0 Å². The number of rotatable bonds is 2. The lowest BCUT2D eigenvalue weighted by molar-refractivity contribution is -0.138. The molecule has 0 aliphatic rings. The normalized spacial score (nSPS) is 10.5. The number of esters is 1. The van der Waals surface area contributed by atoms with E-state index in [1.54, 1.807) is 34.6 Å². The zero-order valence-electron chi connectivity index (χ0n) is 10.2. The summed E-state index contributed by atoms with van der Waals surface area (Å²) in [5, 5.41) is 2.57. The van der Waals surface area contributed by atoms with E-state index in [0.717, 1.165) is 5.57 Å². The number of nitrogens with one attached hydrogen (secondary N) is 1. The molecular weight excluding hydrogens is 194 g/mol. The lowest BCUT2D eigenvalue weighted by atomic mass is 9.95. The maximum absolute atomic E-state index is 11.6. The molecule has 0 fully saturated rings. The summed E-state index contributed by atoms with van der Waals surface area (Å²) in [6, 6.07) is 0. The van der Waals surface area contributed by atoms with E-state index in [9.17, 15) is 9.59 Å². The molecule has 0 rings (SSSR count). The van der Waals surface area contributed by atoms with Crippen LogP contribution in [0.2, 0.25) is 0 Å². The second-order valence-corrected chi connectivity index (χ2v) is 4.57. The number of carbonyl (C=O) groups is 2. The van der Waals surface area contributed by atoms with E-state index in [1.165, 1.54) is 7.11 Å². The van der Waals surface area contributed by atoms with Crippen LogP contribution in [-0.4, -0.2) is 19.0 Å². The van der Waals surface area contributed by atoms with Crippen molar-refractivity contribution in [3.05, 3.63) is 11.3 Å². The molecule has 0 bridgehead atoms. The quantitative estimate of drug-likeness (QED) is 0.560. The second-order valence-electron chi connectivity index (χ2n) is 4.57. The average molecular weight is 213 g/mol. The Hall–Kier alpha value is -1.32. The Balaban J connectivity index is 4.83. The van der Waals surface area contributed by atoms with Crippen LogP contribution in [0.15, 0.2) is 11.3 Å². The Morgan fingerprint density at radius 2 is 1.60 bits per heavy atom. The third-order valence-electron chi connectivity index (χ3n) is 1.81. The molecule has 0 atom stereocenters. The van der Waals surface area contributed by atoms with Crippen LogP contribution in [0.25, 0.3) is 0 Å². The molecule has 0 heterocycles. The summed E-state index contributed by atoms with van der Waals surface area (Å²) in [5.41, 5.74) is 0.409. The van der Waals surface area contributed by atoms with Gasteiger partial charge in [-0.25, -0.2) is 4.79 Å². The molecule has 1 N–H and O–H groups in total. The fourth-order valence-electron chi connectivity index (χ4n) is 0.783. The van der Waals surface area contributed by atoms with Crippen molar-refractivity contribution in [3.63, 3.8) is 0 Å². The Morgan fingerprint density at radius 3 is 1.87 bits per heavy atom. The lowest BCUT2D eigenvalue weighted by Crippen LogP contribution is -2.37. The number of ether oxygens (including phenoxy) is 1. The van der Waals surface area contributed by atoms with Crippen molar-refractivity contribution in [2.75, 3.05) is 7.11 Å². The summed E-state index contributed by atoms with van der Waals surface area (Å²) in [5.74, 6) is -0.725. The van der Waals surface area contributed by atoms with Gasteiger partial charge in [0.25, 0.3) is 0 Å². The molecule has 0 spiro atoms. The average Bonchev–Trinajstić information content (AvgIpc) is 2.10. The van der Waals surface area contributed by atoms with Crippen LogP contribution in [0.5, 0.6) is 0 Å². The highest BCUT2D eigenvalue weighted by Gasteiger charge is 2.24. The number of methoxy groups -OCH3 is 1. The summed E-state index contributed by atoms with van der Waals surface area (Å²) in [6.07, 6.45) is 0. The Labute approximate surface area is 90.7 Å². The van der Waals surface area contributed by atoms with E-state index in [0.29, 0.717) is 0 Å². The Bertz CT molecular complexity index is 293. The maximum atomic E-state index is 11.6. The first-order valence-corrected chi connectivity index (χ1v) is 4.77. The van der Waals surface area contributed by atoms with Gasteiger partial charge in [0, 0.05) is 5.41 Å². The zero-order valence-corrected chi connectivity index (χ0v) is 10.2. The van der Waals surface area contributed by atoms with Crippen molar-refractivity contribution in [1.29, 1.82) is 0 Å². The van der Waals surface area contributed by atoms with Gasteiger partial charge in [-0.3, -0.25) is 4.79 Å². The van der Waals surface area contributed by atoms with Gasteiger partial charge in [-0.15, -0.1) is 0 Å². The summed E-state index contributed by atoms with van der Waals surface area (Å²) in [4.78, 5) is 23.0. The van der Waals surface area contributed by atoms with Gasteiger partial charge < -0.3 is 10.1 Å². The number of hydrogen-bond donors (Lipinski definition) is 1. The molecule has 0 aliphatic heterocycles. The number of allylic oxidation sites excluding steroid dienone is 1. The van der Waals surface area contributed by atoms with Crippen LogP contribution in [0.4, 0.5) is 0 Å². The number of carbonyl (C=O) groups excluding carboxylic acids is 2. The molecule has 4 nitrogen and oxygen atoms in total. The van der Waals surface area contributed by atoms with Crippen molar-refractivity contribution in [2.24, 2.45) is 5.41 Å². The predicted molar refractivity (Wildman–Crippen MR) is 58.0 cm³/mol. The smallest absolute Gasteiger partial charge is 0.354 e. The van der Waals surface area contributed by atoms with Gasteiger partial charge in [0.05, 0.1) is 7.11 Å². The molecule has 0 aromatic heterocycles. The fourth-order valence-corrected chi connectivity index (χ4v) is 0.783. The monoisotopic (exact) mass is 213 g/mol. The van der Waals surface area contributed by atoms with Crippen LogP contribution in [0.3, 0.4) is 0 Å². The molecule has 0 aliphatic carbocycles. The molecular formula is C11H19NO3. The maximum Gasteiger partial charge on any atom is 0.354 e. The van der Waals surface area contributed by atoms with E-state index < -0.39 is 11.4 Å². The van der Waals surface area contributed by atoms with Crippen molar-refractivity contribution >= 4 is 11.9 Å². The summed E-state index contributed by atoms with van der Waals surface area (Å²) in [6.45, 7) is 8.83. The molecule has 0 radical (unpaired) electrons. The minimum atomic E-state index is -0.533. The fraction of sp³-hybridized carbons (Fsp3) is 0.636. The minimum Gasteiger partial charge on any atom is -0.464 e. The number of amides is 1. The Morgan fingerprint density at radius 1 is 1.13 bits per heavy atom. The molecule has 4 heteroatoms. The molecule has 0 aromatic rings. The van der Waals surface area contributed by atoms with Gasteiger partial charge in [-0.2, -0.15) is 0 Å². The summed E-state index contributed by atoms with van der Waals surface area (Å²) >= 11 is 0. The molecule has 1 amide bonds. The molecule has 0 aromatic carbocycles. The second kappa shape index (κ2) is 4.96. The highest BCUT2D eigenvalue weighted by molar-refractivity contribution is 5.95. The Kier molecular flexibility index (Phi) is 4.52. The SMILES string of the molecule is COC(=O)C(NC(=O)C(C)(C)C)=C(C)C. The highest BCUT2D eigenvalue weighted by Crippen LogP contribution is 2.14. The molecule has 15 heavy (non-hydrogen) atoms. The first-order valence-electron chi connectivity index (χ1n) is 4.77. The molecule has 86 valence electrons. The van der Waals surface area contributed by atoms with Crippen LogP contribution in [-0.2, 0) is 14.3 Å². The first-order chi connectivity index (χ1) is 6.70. The predicted octanol–water partition coefficient (Wildman–Crippen LogP) is 1.62. The third-order valence-corrected chi connectivity index (χ3v) is 1.81. The van der Waals surface area contributed by atoms with Crippen molar-refractivity contribution in [2.45, 2.75) is 34.6 Å². The van der Waals surface area contributed by atoms with Gasteiger partial charge in [-0.1, -0.05) is 20.8 Å². The van der Waals surface area contributed by atoms with Crippen LogP contribution in [0.1, 0.15) is 34.6 Å². The van der Waals surface area contributed by atoms with Gasteiger partial charge in [0.2, 0.25) is 5.91 Å². The first kappa shape index (κ1) is 13.7. The third kappa shape index (κ3) is 4.14. The zero-order chi connectivity index (χ0) is 12.2. The van der Waals surface area contributed by atoms with E-state index in [-0.39, 0.29) is 11.6 Å². The van der Waals surface area contributed by atoms with E-state index in [1.807, 2.05) is 0 Å². The van der Waals surface area contributed by atoms with Crippen molar-refractivity contribution in [1.82, 2.24) is 5.32 Å². The lowest BCUT2D eigenvalue weighted by Gasteiger charge is -2.19. The van der Waals surface area contributed by atoms with Gasteiger partial charge in [-0.05, 0) is 19.4 Å². The summed E-state index contributed by atoms with van der Waals surface area (Å²) < 4.78 is 4.58. The van der Waals surface area contributed by atoms with Crippen LogP contribution in [0, 0.1) is 5.41 Å². The van der Waals surface area contributed by atoms with Gasteiger partial charge >= 0.3 is 5.97 Å². The largest absolute Gasteiger partial charge is 0.464 e. The highest BCUT2D eigenvalue weighted by atomic mass is 16.5. The van der Waals surface area contributed by atoms with Crippen molar-refractivity contribution < 1.29 is 14.3 Å². The standard InChI is InChI=1S/C11H19NO3/c1-7(2)8(9(13)15-6)12-10(14)11(3,4)5/h1-6H3,(H,12,14). The molecule has 0 saturated heterocycles. The van der Waals surface area contributed by atoms with Crippen molar-refractivity contribution in [3.8, 4) is 0 Å². The number of hydrogen-bond acceptors (Lipinski definition) is 3. The molecule has 0 saturated carbocycles. The topological polar surface area (TPSA) is 55.4 Å². The van der Waals surface area contributed by atoms with Crippen LogP contribution >= 0.6 is 0 Å². The van der Waals surface area contributed by atoms with Crippen LogP contribution < -0.4 is 5.32 Å². The van der Waals surface area contributed by atoms with E-state index in [2.05, 4.69) is 10.1 Å². The minimum absolute atomic E-state index is 0.205. The molecule has 0 unspecified atom stereocenters. The van der Waals surface area contributed by atoms with Gasteiger partial charge in [0.15, 0.2) is 0 Å².